The van der Waals surface area contributed by atoms with Crippen LogP contribution in [-0.2, 0) is 18.0 Å². The van der Waals surface area contributed by atoms with E-state index in [-0.39, 0.29) is 5.41 Å². The second-order valence-electron chi connectivity index (χ2n) is 11.2. The summed E-state index contributed by atoms with van der Waals surface area (Å²) < 4.78 is 39.2. The number of para-hydroxylation sites is 1. The van der Waals surface area contributed by atoms with Crippen molar-refractivity contribution in [3.63, 3.8) is 0 Å². The molecule has 40 heavy (non-hydrogen) atoms. The molecule has 0 radical (unpaired) electrons. The monoisotopic (exact) mass is 533 g/mol. The van der Waals surface area contributed by atoms with Gasteiger partial charge in [-0.15, -0.1) is 0 Å². The molecule has 1 aliphatic carbocycles. The Hall–Kier alpha value is -4.18. The zero-order valence-corrected chi connectivity index (χ0v) is 22.6. The number of fused-ring (bicyclic) bond motifs is 6. The third-order valence-electron chi connectivity index (χ3n) is 8.09. The number of nitrogens with zero attached hydrogens (tertiary/aromatic N) is 1. The Kier molecular flexibility index (Phi) is 6.58. The smallest absolute Gasteiger partial charge is 0.256 e. The Morgan fingerprint density at radius 3 is 2.12 bits per heavy atom. The second kappa shape index (κ2) is 10.1. The number of hydrogen-bond acceptors (Lipinski definition) is 1. The Morgan fingerprint density at radius 1 is 0.700 bits per heavy atom. The summed E-state index contributed by atoms with van der Waals surface area (Å²) in [5, 5.41) is 5.86. The van der Waals surface area contributed by atoms with Crippen LogP contribution in [0, 0.1) is 0 Å². The van der Waals surface area contributed by atoms with Gasteiger partial charge in [0.2, 0.25) is 0 Å². The molecule has 1 aliphatic rings. The normalized spacial score (nSPS) is 14.5. The standard InChI is InChI=1S/C27H23F3.C9H7N/c1-26(2)15-5-6-18-11-14-22-20-7-3-4-8-21(20)23(16-24(22)25(18)26)17-9-12-19(13-10-17)27(28,29)30;1-2-6-9-8(4-1)5-3-7-10-9/h3-4,7-14,16H,5-6,15H2,1-2H3;1-7H. The zero-order valence-electron chi connectivity index (χ0n) is 22.6. The van der Waals surface area contributed by atoms with Gasteiger partial charge in [-0.05, 0) is 98.8 Å². The number of hydrogen-bond donors (Lipinski definition) is 0. The zero-order chi connectivity index (χ0) is 27.9. The molecule has 0 N–H and O–H groups in total. The second-order valence-corrected chi connectivity index (χ2v) is 11.2. The van der Waals surface area contributed by atoms with Crippen molar-refractivity contribution in [1.29, 1.82) is 0 Å². The summed E-state index contributed by atoms with van der Waals surface area (Å²) in [6.07, 6.45) is 0.888. The highest BCUT2D eigenvalue weighted by molar-refractivity contribution is 6.15. The Balaban J connectivity index is 0.000000242. The summed E-state index contributed by atoms with van der Waals surface area (Å²) in [6.45, 7) is 4.61. The van der Waals surface area contributed by atoms with Crippen molar-refractivity contribution in [3.05, 3.63) is 126 Å². The molecule has 1 heterocycles. The first-order valence-electron chi connectivity index (χ1n) is 13.7. The first-order chi connectivity index (χ1) is 19.2. The fourth-order valence-electron chi connectivity index (χ4n) is 6.17. The van der Waals surface area contributed by atoms with Crippen molar-refractivity contribution in [1.82, 2.24) is 4.98 Å². The van der Waals surface area contributed by atoms with E-state index in [0.717, 1.165) is 40.3 Å². The van der Waals surface area contributed by atoms with Crippen molar-refractivity contribution in [3.8, 4) is 11.1 Å². The minimum atomic E-state index is -4.33. The lowest BCUT2D eigenvalue weighted by Gasteiger charge is -2.34. The Morgan fingerprint density at radius 2 is 1.38 bits per heavy atom. The number of benzene rings is 5. The van der Waals surface area contributed by atoms with Gasteiger partial charge in [0.05, 0.1) is 11.1 Å². The molecule has 0 spiro atoms. The largest absolute Gasteiger partial charge is 0.416 e. The molecule has 1 aromatic heterocycles. The fourth-order valence-corrected chi connectivity index (χ4v) is 6.17. The van der Waals surface area contributed by atoms with Gasteiger partial charge < -0.3 is 0 Å². The van der Waals surface area contributed by atoms with E-state index in [1.54, 1.807) is 12.1 Å². The number of aromatic nitrogens is 1. The first kappa shape index (κ1) is 26.1. The molecule has 5 aromatic carbocycles. The highest BCUT2D eigenvalue weighted by Gasteiger charge is 2.31. The van der Waals surface area contributed by atoms with Gasteiger partial charge in [-0.1, -0.05) is 86.6 Å². The summed E-state index contributed by atoms with van der Waals surface area (Å²) in [5.41, 5.74) is 5.11. The number of pyridine rings is 1. The molecule has 0 bridgehead atoms. The highest BCUT2D eigenvalue weighted by Crippen LogP contribution is 2.45. The highest BCUT2D eigenvalue weighted by atomic mass is 19.4. The van der Waals surface area contributed by atoms with Crippen LogP contribution < -0.4 is 0 Å². The molecule has 1 nitrogen and oxygen atoms in total. The molecule has 0 unspecified atom stereocenters. The van der Waals surface area contributed by atoms with Crippen LogP contribution in [0.5, 0.6) is 0 Å². The molecule has 4 heteroatoms. The van der Waals surface area contributed by atoms with Crippen LogP contribution in [0.1, 0.15) is 43.4 Å². The van der Waals surface area contributed by atoms with Gasteiger partial charge >= 0.3 is 6.18 Å². The van der Waals surface area contributed by atoms with Crippen LogP contribution in [-0.4, -0.2) is 4.98 Å². The summed E-state index contributed by atoms with van der Waals surface area (Å²) in [5.74, 6) is 0. The predicted molar refractivity (Wildman–Crippen MR) is 160 cm³/mol. The molecule has 6 aromatic rings. The summed E-state index contributed by atoms with van der Waals surface area (Å²) in [7, 11) is 0. The lowest BCUT2D eigenvalue weighted by Crippen LogP contribution is -2.24. The van der Waals surface area contributed by atoms with E-state index in [0.29, 0.717) is 0 Å². The van der Waals surface area contributed by atoms with Gasteiger partial charge in [0.25, 0.3) is 0 Å². The number of alkyl halides is 3. The van der Waals surface area contributed by atoms with Crippen LogP contribution in [0.2, 0.25) is 0 Å². The maximum atomic E-state index is 13.1. The van der Waals surface area contributed by atoms with E-state index < -0.39 is 11.7 Å². The third kappa shape index (κ3) is 4.83. The Labute approximate surface area is 232 Å². The lowest BCUT2D eigenvalue weighted by molar-refractivity contribution is -0.137. The van der Waals surface area contributed by atoms with Crippen LogP contribution in [0.3, 0.4) is 0 Å². The number of halogens is 3. The van der Waals surface area contributed by atoms with Crippen molar-refractivity contribution in [2.45, 2.75) is 44.7 Å². The third-order valence-corrected chi connectivity index (χ3v) is 8.09. The van der Waals surface area contributed by atoms with Crippen molar-refractivity contribution >= 4 is 32.4 Å². The maximum Gasteiger partial charge on any atom is 0.416 e. The van der Waals surface area contributed by atoms with Crippen molar-refractivity contribution < 1.29 is 13.2 Å². The van der Waals surface area contributed by atoms with Crippen LogP contribution in [0.15, 0.2) is 109 Å². The van der Waals surface area contributed by atoms with Crippen molar-refractivity contribution in [2.24, 2.45) is 0 Å². The fraction of sp³-hybridized carbons (Fsp3) is 0.194. The van der Waals surface area contributed by atoms with Gasteiger partial charge in [-0.2, -0.15) is 13.2 Å². The molecule has 0 amide bonds. The molecular formula is C36H30F3N. The number of aryl methyl sites for hydroxylation is 1. The maximum absolute atomic E-state index is 13.1. The van der Waals surface area contributed by atoms with E-state index in [2.05, 4.69) is 61.3 Å². The predicted octanol–water partition coefficient (Wildman–Crippen LogP) is 10.5. The molecule has 200 valence electrons. The van der Waals surface area contributed by atoms with E-state index in [1.807, 2.05) is 42.6 Å². The van der Waals surface area contributed by atoms with Gasteiger partial charge in [0, 0.05) is 11.6 Å². The Bertz CT molecular complexity index is 1770. The van der Waals surface area contributed by atoms with E-state index >= 15 is 0 Å². The van der Waals surface area contributed by atoms with Gasteiger partial charge in [-0.3, -0.25) is 4.98 Å². The van der Waals surface area contributed by atoms with Gasteiger partial charge in [0.1, 0.15) is 0 Å². The first-order valence-corrected chi connectivity index (χ1v) is 13.7. The van der Waals surface area contributed by atoms with E-state index in [4.69, 9.17) is 0 Å². The van der Waals surface area contributed by atoms with Crippen LogP contribution in [0.4, 0.5) is 13.2 Å². The molecule has 7 rings (SSSR count). The summed E-state index contributed by atoms with van der Waals surface area (Å²) >= 11 is 0. The van der Waals surface area contributed by atoms with Gasteiger partial charge in [0.15, 0.2) is 0 Å². The van der Waals surface area contributed by atoms with E-state index in [1.165, 1.54) is 45.8 Å². The molecule has 0 atom stereocenters. The lowest BCUT2D eigenvalue weighted by atomic mass is 9.70. The molecule has 0 saturated heterocycles. The SMILES string of the molecule is CC1(C)CCCc2ccc3c(cc(-c4ccc(C(F)(F)F)cc4)c4ccccc43)c21.c1ccc2ncccc2c1. The van der Waals surface area contributed by atoms with Gasteiger partial charge in [-0.25, -0.2) is 0 Å². The van der Waals surface area contributed by atoms with E-state index in [9.17, 15) is 13.2 Å². The summed E-state index contributed by atoms with van der Waals surface area (Å²) in [4.78, 5) is 4.18. The minimum Gasteiger partial charge on any atom is -0.256 e. The van der Waals surface area contributed by atoms with Crippen LogP contribution in [0.25, 0.3) is 43.6 Å². The minimum absolute atomic E-state index is 0.0764. The molecule has 0 aliphatic heterocycles. The van der Waals surface area contributed by atoms with Crippen LogP contribution >= 0.6 is 0 Å². The van der Waals surface area contributed by atoms with Crippen molar-refractivity contribution in [2.75, 3.05) is 0 Å². The average molecular weight is 534 g/mol. The number of rotatable bonds is 1. The quantitative estimate of drug-likeness (QED) is 0.192. The average Bonchev–Trinajstić information content (AvgIpc) is 2.96. The molecular weight excluding hydrogens is 503 g/mol. The summed E-state index contributed by atoms with van der Waals surface area (Å²) in [6, 6.07) is 32.5. The molecule has 0 saturated carbocycles. The molecule has 0 fully saturated rings. The topological polar surface area (TPSA) is 12.9 Å².